The number of benzene rings is 1. The van der Waals surface area contributed by atoms with Gasteiger partial charge < -0.3 is 22.1 Å². The van der Waals surface area contributed by atoms with Crippen molar-refractivity contribution in [2.75, 3.05) is 22.1 Å². The Labute approximate surface area is 310 Å². The number of anilines is 4. The van der Waals surface area contributed by atoms with Crippen LogP contribution in [-0.4, -0.2) is 39.2 Å². The number of halogens is 3. The zero-order valence-electron chi connectivity index (χ0n) is 27.5. The highest BCUT2D eigenvalue weighted by Crippen LogP contribution is 2.34. The van der Waals surface area contributed by atoms with Crippen LogP contribution in [0.1, 0.15) is 54.8 Å². The molecular formula is C36H35Br2FN12. The number of rotatable bonds is 8. The Morgan fingerprint density at radius 2 is 1.27 bits per heavy atom. The number of nitrogen functional groups attached to an aromatic ring is 2. The first-order valence-corrected chi connectivity index (χ1v) is 18.1. The maximum Gasteiger partial charge on any atom is 0.172 e. The van der Waals surface area contributed by atoms with Gasteiger partial charge in [0.1, 0.15) is 29.1 Å². The van der Waals surface area contributed by atoms with E-state index in [1.54, 1.807) is 59.6 Å². The third kappa shape index (κ3) is 7.94. The molecule has 1 aromatic carbocycles. The number of hydrogen-bond acceptors (Lipinski definition) is 10. The summed E-state index contributed by atoms with van der Waals surface area (Å²) in [6.07, 6.45) is 13.3. The lowest BCUT2D eigenvalue weighted by atomic mass is 9.87. The Kier molecular flexibility index (Phi) is 10.4. The summed E-state index contributed by atoms with van der Waals surface area (Å²) in [5.74, 6) is 2.86. The first-order chi connectivity index (χ1) is 24.8. The SMILES string of the molecule is Nc1ccc(CNc2cc(-c3ccccc3F)nc3c(Br)cnn23)cn1.Nc1ccc(CNc2cc(C3CCCCC3)nc3c(Br)cnn23)cn1. The van der Waals surface area contributed by atoms with Crippen LogP contribution < -0.4 is 22.1 Å². The van der Waals surface area contributed by atoms with Crippen LogP contribution in [0.3, 0.4) is 0 Å². The standard InChI is InChI=1S/C18H14BrFN6.C18H21BrN6/c19-13-10-24-26-17(23-9-11-5-6-16(21)22-8-11)7-15(25-18(13)26)12-3-1-2-4-14(12)20;19-14-11-23-25-17(22-10-12-6-7-16(20)21-9-12)8-15(24-18(14)25)13-4-2-1-3-5-13/h1-8,10,23H,9H2,(H2,21,22);6-9,11,13,22H,1-5,10H2,(H2,20,21). The van der Waals surface area contributed by atoms with Crippen LogP contribution in [0.5, 0.6) is 0 Å². The summed E-state index contributed by atoms with van der Waals surface area (Å²) in [5.41, 5.74) is 16.9. The number of nitrogens with one attached hydrogen (secondary N) is 2. The summed E-state index contributed by atoms with van der Waals surface area (Å²) in [6.45, 7) is 1.18. The van der Waals surface area contributed by atoms with Gasteiger partial charge in [0.25, 0.3) is 0 Å². The van der Waals surface area contributed by atoms with Crippen molar-refractivity contribution < 1.29 is 4.39 Å². The molecule has 8 rings (SSSR count). The van der Waals surface area contributed by atoms with Crippen LogP contribution in [0.4, 0.5) is 27.7 Å². The fourth-order valence-electron chi connectivity index (χ4n) is 6.02. The molecule has 0 aliphatic heterocycles. The first kappa shape index (κ1) is 34.3. The lowest BCUT2D eigenvalue weighted by Crippen LogP contribution is -2.11. The van der Waals surface area contributed by atoms with Gasteiger partial charge in [-0.2, -0.15) is 19.2 Å². The van der Waals surface area contributed by atoms with E-state index in [1.165, 1.54) is 38.2 Å². The molecule has 12 nitrogen and oxygen atoms in total. The minimum atomic E-state index is -0.325. The molecule has 1 fully saturated rings. The normalized spacial score (nSPS) is 13.2. The second-order valence-electron chi connectivity index (χ2n) is 12.3. The van der Waals surface area contributed by atoms with Crippen LogP contribution in [0, 0.1) is 5.82 Å². The van der Waals surface area contributed by atoms with Crippen LogP contribution in [0.15, 0.2) is 94.4 Å². The average Bonchev–Trinajstić information content (AvgIpc) is 3.73. The number of nitrogens with zero attached hydrogens (tertiary/aromatic N) is 8. The third-order valence-corrected chi connectivity index (χ3v) is 9.81. The number of fused-ring (bicyclic) bond motifs is 2. The monoisotopic (exact) mass is 812 g/mol. The van der Waals surface area contributed by atoms with Crippen molar-refractivity contribution in [2.45, 2.75) is 51.1 Å². The van der Waals surface area contributed by atoms with Gasteiger partial charge in [0.2, 0.25) is 0 Å². The highest BCUT2D eigenvalue weighted by Gasteiger charge is 2.20. The van der Waals surface area contributed by atoms with Crippen molar-refractivity contribution in [1.29, 1.82) is 0 Å². The maximum absolute atomic E-state index is 14.2. The maximum atomic E-state index is 14.2. The Morgan fingerprint density at radius 3 is 1.84 bits per heavy atom. The summed E-state index contributed by atoms with van der Waals surface area (Å²) >= 11 is 7.00. The minimum Gasteiger partial charge on any atom is -0.384 e. The molecule has 6 heterocycles. The Morgan fingerprint density at radius 1 is 0.706 bits per heavy atom. The number of pyridine rings is 2. The number of aromatic nitrogens is 8. The lowest BCUT2D eigenvalue weighted by molar-refractivity contribution is 0.437. The van der Waals surface area contributed by atoms with Gasteiger partial charge in [0.05, 0.1) is 27.0 Å². The molecule has 0 amide bonds. The summed E-state index contributed by atoms with van der Waals surface area (Å²) in [5, 5.41) is 15.5. The zero-order valence-corrected chi connectivity index (χ0v) is 30.6. The van der Waals surface area contributed by atoms with Crippen molar-refractivity contribution in [2.24, 2.45) is 0 Å². The van der Waals surface area contributed by atoms with E-state index in [0.717, 1.165) is 37.2 Å². The molecule has 1 saturated carbocycles. The molecule has 0 unspecified atom stereocenters. The van der Waals surface area contributed by atoms with Gasteiger partial charge in [-0.1, -0.05) is 43.5 Å². The van der Waals surface area contributed by atoms with Crippen molar-refractivity contribution in [3.8, 4) is 11.3 Å². The molecule has 0 atom stereocenters. The lowest BCUT2D eigenvalue weighted by Gasteiger charge is -2.22. The summed E-state index contributed by atoms with van der Waals surface area (Å²) in [6, 6.07) is 17.9. The molecule has 7 aromatic rings. The van der Waals surface area contributed by atoms with Gasteiger partial charge in [-0.25, -0.2) is 24.3 Å². The van der Waals surface area contributed by atoms with E-state index in [9.17, 15) is 4.39 Å². The molecule has 0 spiro atoms. The third-order valence-electron chi connectivity index (χ3n) is 8.69. The largest absolute Gasteiger partial charge is 0.384 e. The topological polar surface area (TPSA) is 162 Å². The molecule has 260 valence electrons. The van der Waals surface area contributed by atoms with E-state index in [-0.39, 0.29) is 5.82 Å². The van der Waals surface area contributed by atoms with Crippen molar-refractivity contribution >= 4 is 66.4 Å². The van der Waals surface area contributed by atoms with Gasteiger partial charge in [-0.3, -0.25) is 0 Å². The van der Waals surface area contributed by atoms with E-state index >= 15 is 0 Å². The molecule has 51 heavy (non-hydrogen) atoms. The van der Waals surface area contributed by atoms with E-state index < -0.39 is 0 Å². The predicted octanol–water partition coefficient (Wildman–Crippen LogP) is 8.02. The number of hydrogen-bond donors (Lipinski definition) is 4. The Balaban J connectivity index is 0.000000159. The van der Waals surface area contributed by atoms with Crippen LogP contribution in [0.2, 0.25) is 0 Å². The summed E-state index contributed by atoms with van der Waals surface area (Å²) in [7, 11) is 0. The zero-order chi connectivity index (χ0) is 35.3. The molecule has 15 heteroatoms. The minimum absolute atomic E-state index is 0.325. The van der Waals surface area contributed by atoms with Crippen LogP contribution in [0.25, 0.3) is 22.6 Å². The first-order valence-electron chi connectivity index (χ1n) is 16.5. The van der Waals surface area contributed by atoms with Gasteiger partial charge in [-0.05, 0) is 80.1 Å². The quantitative estimate of drug-likeness (QED) is 0.118. The fourth-order valence-corrected chi connectivity index (χ4v) is 6.72. The second kappa shape index (κ2) is 15.4. The molecule has 0 bridgehead atoms. The van der Waals surface area contributed by atoms with Gasteiger partial charge in [0, 0.05) is 54.8 Å². The molecular weight excluding hydrogens is 779 g/mol. The molecule has 6 N–H and O–H groups in total. The predicted molar refractivity (Wildman–Crippen MR) is 205 cm³/mol. The van der Waals surface area contributed by atoms with E-state index in [2.05, 4.69) is 73.7 Å². The van der Waals surface area contributed by atoms with Crippen molar-refractivity contribution in [3.63, 3.8) is 0 Å². The Bertz CT molecular complexity index is 2270. The highest BCUT2D eigenvalue weighted by molar-refractivity contribution is 9.11. The van der Waals surface area contributed by atoms with Crippen LogP contribution in [-0.2, 0) is 13.1 Å². The van der Waals surface area contributed by atoms with E-state index in [4.69, 9.17) is 16.5 Å². The number of nitrogens with two attached hydrogens (primary N) is 2. The average molecular weight is 815 g/mol. The van der Waals surface area contributed by atoms with E-state index in [1.807, 2.05) is 22.7 Å². The Hall–Kier alpha value is -5.15. The fraction of sp³-hybridized carbons (Fsp3) is 0.222. The van der Waals surface area contributed by atoms with Gasteiger partial charge in [0.15, 0.2) is 11.3 Å². The highest BCUT2D eigenvalue weighted by atomic mass is 79.9. The summed E-state index contributed by atoms with van der Waals surface area (Å²) < 4.78 is 19.4. The summed E-state index contributed by atoms with van der Waals surface area (Å²) in [4.78, 5) is 17.6. The molecule has 0 saturated heterocycles. The van der Waals surface area contributed by atoms with Crippen molar-refractivity contribution in [1.82, 2.24) is 39.2 Å². The molecule has 0 radical (unpaired) electrons. The molecule has 6 aromatic heterocycles. The van der Waals surface area contributed by atoms with Gasteiger partial charge in [-0.15, -0.1) is 0 Å². The van der Waals surface area contributed by atoms with Crippen molar-refractivity contribution in [3.05, 3.63) is 117 Å². The van der Waals surface area contributed by atoms with Gasteiger partial charge >= 0.3 is 0 Å². The smallest absolute Gasteiger partial charge is 0.172 e. The van der Waals surface area contributed by atoms with Crippen LogP contribution >= 0.6 is 31.9 Å². The van der Waals surface area contributed by atoms with E-state index in [0.29, 0.717) is 53.4 Å². The molecule has 1 aliphatic carbocycles. The second-order valence-corrected chi connectivity index (χ2v) is 14.0. The molecule has 1 aliphatic rings.